The highest BCUT2D eigenvalue weighted by Gasteiger charge is 2.22. The highest BCUT2D eigenvalue weighted by Crippen LogP contribution is 2.24. The number of hydrogen-bond acceptors (Lipinski definition) is 6. The van der Waals surface area contributed by atoms with E-state index >= 15 is 0 Å². The number of morpholine rings is 1. The molecule has 0 aromatic heterocycles. The van der Waals surface area contributed by atoms with E-state index in [0.29, 0.717) is 5.75 Å². The molecule has 1 atom stereocenters. The maximum atomic E-state index is 10.8. The maximum absolute atomic E-state index is 10.8. The van der Waals surface area contributed by atoms with Crippen LogP contribution in [-0.4, -0.2) is 57.4 Å². The predicted octanol–water partition coefficient (Wildman–Crippen LogP) is 1.72. The summed E-state index contributed by atoms with van der Waals surface area (Å²) in [6.45, 7) is 4.83. The summed E-state index contributed by atoms with van der Waals surface area (Å²) in [5, 5.41) is 3.57. The third-order valence-corrected chi connectivity index (χ3v) is 4.96. The van der Waals surface area contributed by atoms with Crippen molar-refractivity contribution >= 4 is 5.91 Å². The van der Waals surface area contributed by atoms with Crippen LogP contribution in [0.5, 0.6) is 11.5 Å². The number of amides is 1. The van der Waals surface area contributed by atoms with E-state index in [1.54, 1.807) is 7.11 Å². The third kappa shape index (κ3) is 6.45. The van der Waals surface area contributed by atoms with Gasteiger partial charge in [-0.3, -0.25) is 9.69 Å². The first-order valence-electron chi connectivity index (χ1n) is 9.82. The van der Waals surface area contributed by atoms with E-state index < -0.39 is 5.91 Å². The molecule has 7 nitrogen and oxygen atoms in total. The summed E-state index contributed by atoms with van der Waals surface area (Å²) in [7, 11) is 1.68. The van der Waals surface area contributed by atoms with E-state index in [2.05, 4.69) is 22.3 Å². The molecule has 1 aliphatic heterocycles. The first-order chi connectivity index (χ1) is 14.2. The molecule has 3 N–H and O–H groups in total. The first-order valence-corrected chi connectivity index (χ1v) is 9.82. The van der Waals surface area contributed by atoms with Gasteiger partial charge in [-0.05, 0) is 35.4 Å². The van der Waals surface area contributed by atoms with Gasteiger partial charge in [0.2, 0.25) is 0 Å². The first kappa shape index (κ1) is 21.1. The fourth-order valence-corrected chi connectivity index (χ4v) is 3.38. The van der Waals surface area contributed by atoms with Crippen LogP contribution >= 0.6 is 0 Å². The lowest BCUT2D eigenvalue weighted by atomic mass is 10.0. The summed E-state index contributed by atoms with van der Waals surface area (Å²) in [4.78, 5) is 13.3. The van der Waals surface area contributed by atoms with Crippen molar-refractivity contribution < 1.29 is 19.0 Å². The molecule has 156 valence electrons. The number of hydrogen-bond donors (Lipinski definition) is 2. The minimum Gasteiger partial charge on any atom is -0.497 e. The molecular weight excluding hydrogens is 370 g/mol. The average Bonchev–Trinajstić information content (AvgIpc) is 2.77. The highest BCUT2D eigenvalue weighted by atomic mass is 16.5. The van der Waals surface area contributed by atoms with Crippen LogP contribution in [-0.2, 0) is 16.1 Å². The van der Waals surface area contributed by atoms with Crippen molar-refractivity contribution in [3.63, 3.8) is 0 Å². The van der Waals surface area contributed by atoms with Crippen molar-refractivity contribution in [1.29, 1.82) is 0 Å². The molecule has 0 spiro atoms. The number of nitrogens with two attached hydrogens (primary N) is 1. The van der Waals surface area contributed by atoms with Crippen molar-refractivity contribution in [2.45, 2.75) is 12.6 Å². The largest absolute Gasteiger partial charge is 0.497 e. The van der Waals surface area contributed by atoms with E-state index in [1.165, 1.54) is 5.56 Å². The van der Waals surface area contributed by atoms with E-state index in [4.69, 9.17) is 19.9 Å². The number of methoxy groups -OCH3 is 1. The Morgan fingerprint density at radius 1 is 1.10 bits per heavy atom. The van der Waals surface area contributed by atoms with E-state index in [1.807, 2.05) is 36.4 Å². The van der Waals surface area contributed by atoms with Gasteiger partial charge in [-0.2, -0.15) is 0 Å². The standard InChI is InChI=1S/C22H29N3O4/c1-27-19-8-4-18(5-9-19)21(25-10-12-28-13-11-25)15-24-14-17-2-6-20(7-3-17)29-16-22(23)26/h2-9,21,24H,10-16H2,1H3,(H2,23,26)/t21-/m0/s1. The van der Waals surface area contributed by atoms with Gasteiger partial charge in [0.25, 0.3) is 5.91 Å². The number of carbonyl (C=O) groups excluding carboxylic acids is 1. The molecule has 7 heteroatoms. The Kier molecular flexibility index (Phi) is 7.86. The van der Waals surface area contributed by atoms with Crippen LogP contribution in [0.25, 0.3) is 0 Å². The number of ether oxygens (including phenoxy) is 3. The molecule has 0 radical (unpaired) electrons. The van der Waals surface area contributed by atoms with E-state index in [9.17, 15) is 4.79 Å². The van der Waals surface area contributed by atoms with Crippen molar-refractivity contribution in [2.24, 2.45) is 5.73 Å². The second-order valence-corrected chi connectivity index (χ2v) is 6.97. The van der Waals surface area contributed by atoms with Crippen molar-refractivity contribution in [2.75, 3.05) is 46.6 Å². The van der Waals surface area contributed by atoms with Crippen molar-refractivity contribution in [1.82, 2.24) is 10.2 Å². The smallest absolute Gasteiger partial charge is 0.255 e. The third-order valence-electron chi connectivity index (χ3n) is 4.96. The van der Waals surface area contributed by atoms with Gasteiger partial charge in [-0.25, -0.2) is 0 Å². The SMILES string of the molecule is COc1ccc([C@H](CNCc2ccc(OCC(N)=O)cc2)N2CCOCC2)cc1. The topological polar surface area (TPSA) is 86.0 Å². The zero-order valence-corrected chi connectivity index (χ0v) is 16.8. The lowest BCUT2D eigenvalue weighted by Gasteiger charge is -2.35. The molecule has 29 heavy (non-hydrogen) atoms. The van der Waals surface area contributed by atoms with Gasteiger partial charge in [0, 0.05) is 32.2 Å². The van der Waals surface area contributed by atoms with E-state index in [-0.39, 0.29) is 12.6 Å². The monoisotopic (exact) mass is 399 g/mol. The van der Waals surface area contributed by atoms with Crippen LogP contribution in [0.2, 0.25) is 0 Å². The molecule has 0 saturated carbocycles. The number of carbonyl (C=O) groups is 1. The van der Waals surface area contributed by atoms with Gasteiger partial charge in [0.1, 0.15) is 11.5 Å². The Balaban J connectivity index is 1.58. The molecule has 0 aliphatic carbocycles. The molecule has 2 aromatic carbocycles. The van der Waals surface area contributed by atoms with Crippen LogP contribution in [0.3, 0.4) is 0 Å². The number of nitrogens with one attached hydrogen (secondary N) is 1. The number of benzene rings is 2. The van der Waals surface area contributed by atoms with Crippen LogP contribution in [0.1, 0.15) is 17.2 Å². The molecule has 1 heterocycles. The molecule has 0 unspecified atom stereocenters. The number of nitrogens with zero attached hydrogens (tertiary/aromatic N) is 1. The van der Waals surface area contributed by atoms with Gasteiger partial charge in [-0.15, -0.1) is 0 Å². The fourth-order valence-electron chi connectivity index (χ4n) is 3.38. The van der Waals surface area contributed by atoms with Crippen molar-refractivity contribution in [3.05, 3.63) is 59.7 Å². The molecule has 2 aromatic rings. The maximum Gasteiger partial charge on any atom is 0.255 e. The Labute approximate surface area is 171 Å². The summed E-state index contributed by atoms with van der Waals surface area (Å²) in [5.41, 5.74) is 7.50. The van der Waals surface area contributed by atoms with E-state index in [0.717, 1.165) is 50.7 Å². The molecule has 0 bridgehead atoms. The Bertz CT molecular complexity index is 759. The number of primary amides is 1. The quantitative estimate of drug-likeness (QED) is 0.633. The van der Waals surface area contributed by atoms with Crippen LogP contribution in [0.15, 0.2) is 48.5 Å². The molecule has 3 rings (SSSR count). The Morgan fingerprint density at radius 2 is 1.76 bits per heavy atom. The second kappa shape index (κ2) is 10.8. The zero-order chi connectivity index (χ0) is 20.5. The van der Waals surface area contributed by atoms with Gasteiger partial charge < -0.3 is 25.3 Å². The highest BCUT2D eigenvalue weighted by molar-refractivity contribution is 5.75. The van der Waals surface area contributed by atoms with Crippen LogP contribution in [0.4, 0.5) is 0 Å². The molecule has 1 amide bonds. The summed E-state index contributed by atoms with van der Waals surface area (Å²) < 4.78 is 16.1. The average molecular weight is 399 g/mol. The summed E-state index contributed by atoms with van der Waals surface area (Å²) in [6, 6.07) is 16.2. The van der Waals surface area contributed by atoms with Gasteiger partial charge >= 0.3 is 0 Å². The molecular formula is C22H29N3O4. The fraction of sp³-hybridized carbons (Fsp3) is 0.409. The molecule has 1 aliphatic rings. The molecule has 1 saturated heterocycles. The number of rotatable bonds is 10. The lowest BCUT2D eigenvalue weighted by molar-refractivity contribution is -0.119. The van der Waals surface area contributed by atoms with Crippen molar-refractivity contribution in [3.8, 4) is 11.5 Å². The summed E-state index contributed by atoms with van der Waals surface area (Å²) in [5.74, 6) is 1.02. The zero-order valence-electron chi connectivity index (χ0n) is 16.8. The predicted molar refractivity (Wildman–Crippen MR) is 111 cm³/mol. The van der Waals surface area contributed by atoms with Crippen LogP contribution in [0, 0.1) is 0 Å². The van der Waals surface area contributed by atoms with Gasteiger partial charge in [0.15, 0.2) is 6.61 Å². The van der Waals surface area contributed by atoms with Gasteiger partial charge in [-0.1, -0.05) is 24.3 Å². The molecule has 1 fully saturated rings. The minimum absolute atomic E-state index is 0.110. The lowest BCUT2D eigenvalue weighted by Crippen LogP contribution is -2.42. The normalized spacial score (nSPS) is 15.6. The summed E-state index contributed by atoms with van der Waals surface area (Å²) >= 11 is 0. The van der Waals surface area contributed by atoms with Gasteiger partial charge in [0.05, 0.1) is 20.3 Å². The second-order valence-electron chi connectivity index (χ2n) is 6.97. The minimum atomic E-state index is -0.483. The Morgan fingerprint density at radius 3 is 2.38 bits per heavy atom. The van der Waals surface area contributed by atoms with Crippen LogP contribution < -0.4 is 20.5 Å². The Hall–Kier alpha value is -2.61. The summed E-state index contributed by atoms with van der Waals surface area (Å²) in [6.07, 6.45) is 0.